The molecule has 0 bridgehead atoms. The van der Waals surface area contributed by atoms with Crippen LogP contribution in [0.3, 0.4) is 0 Å². The lowest BCUT2D eigenvalue weighted by Crippen LogP contribution is -2.28. The van der Waals surface area contributed by atoms with Gasteiger partial charge >= 0.3 is 5.97 Å². The number of amides is 2. The van der Waals surface area contributed by atoms with Crippen LogP contribution >= 0.6 is 15.9 Å². The van der Waals surface area contributed by atoms with Crippen molar-refractivity contribution >= 4 is 45.7 Å². The van der Waals surface area contributed by atoms with E-state index in [1.165, 1.54) is 6.92 Å². The summed E-state index contributed by atoms with van der Waals surface area (Å²) in [7, 11) is 1.06. The summed E-state index contributed by atoms with van der Waals surface area (Å²) >= 11 is 3.01. The number of Topliss-reactive ketones (excluding diaryl/α,β-unsaturated/α-hetero) is 1. The first-order valence-corrected chi connectivity index (χ1v) is 9.02. The van der Waals surface area contributed by atoms with Crippen molar-refractivity contribution in [1.29, 1.82) is 0 Å². The topological polar surface area (TPSA) is 92.8 Å². The molecule has 1 fully saturated rings. The molecule has 0 aliphatic heterocycles. The lowest BCUT2D eigenvalue weighted by molar-refractivity contribution is -0.127. The van der Waals surface area contributed by atoms with Crippen molar-refractivity contribution in [1.82, 2.24) is 5.32 Å². The molecule has 0 heterocycles. The number of halogens is 4. The van der Waals surface area contributed by atoms with Gasteiger partial charge in [-0.1, -0.05) is 0 Å². The fraction of sp³-hybridized carbons (Fsp3) is 0.333. The molecule has 1 saturated carbocycles. The Bertz CT molecular complexity index is 900. The van der Waals surface area contributed by atoms with Crippen molar-refractivity contribution in [3.63, 3.8) is 0 Å². The van der Waals surface area contributed by atoms with E-state index in [0.29, 0.717) is 23.8 Å². The average molecular weight is 477 g/mol. The number of ether oxygens (including phenoxy) is 1. The summed E-state index contributed by atoms with van der Waals surface area (Å²) in [6.45, 7) is 1.28. The average Bonchev–Trinajstić information content (AvgIpc) is 3.40. The van der Waals surface area contributed by atoms with E-state index >= 15 is 0 Å². The van der Waals surface area contributed by atoms with Gasteiger partial charge in [0.25, 0.3) is 12.3 Å². The van der Waals surface area contributed by atoms with Crippen molar-refractivity contribution in [3.05, 3.63) is 39.8 Å². The molecule has 1 aromatic carbocycles. The van der Waals surface area contributed by atoms with Gasteiger partial charge in [0.15, 0.2) is 11.4 Å². The quantitative estimate of drug-likeness (QED) is 0.352. The van der Waals surface area contributed by atoms with Crippen LogP contribution in [0.1, 0.15) is 30.1 Å². The minimum atomic E-state index is -3.19. The van der Waals surface area contributed by atoms with Crippen LogP contribution < -0.4 is 10.2 Å². The Morgan fingerprint density at radius 1 is 1.31 bits per heavy atom. The van der Waals surface area contributed by atoms with Crippen molar-refractivity contribution in [2.75, 3.05) is 11.9 Å². The number of nitrogens with zero attached hydrogens (tertiary/aromatic N) is 1. The van der Waals surface area contributed by atoms with E-state index in [0.717, 1.165) is 19.2 Å². The van der Waals surface area contributed by atoms with Crippen molar-refractivity contribution in [2.24, 2.45) is 0 Å². The molecule has 1 N–H and O–H groups in total. The Morgan fingerprint density at radius 3 is 2.41 bits per heavy atom. The van der Waals surface area contributed by atoms with Crippen LogP contribution in [0.2, 0.25) is 0 Å². The number of rotatable bonds is 8. The van der Waals surface area contributed by atoms with Gasteiger partial charge in [0.1, 0.15) is 5.82 Å². The second-order valence-electron chi connectivity index (χ2n) is 6.28. The molecule has 1 aliphatic carbocycles. The largest absolute Gasteiger partial charge is 0.447 e. The first kappa shape index (κ1) is 22.6. The number of hydrogen-bond donors (Lipinski definition) is 1. The Balaban J connectivity index is 2.41. The highest BCUT2D eigenvalue weighted by Crippen LogP contribution is 2.42. The zero-order valence-corrected chi connectivity index (χ0v) is 16.9. The van der Waals surface area contributed by atoms with Crippen LogP contribution in [0.5, 0.6) is 0 Å². The molecule has 0 aromatic heterocycles. The summed E-state index contributed by atoms with van der Waals surface area (Å²) in [6, 6.07) is 1.84. The maximum absolute atomic E-state index is 14.4. The second-order valence-corrected chi connectivity index (χ2v) is 7.13. The molecule has 1 aliphatic rings. The third kappa shape index (κ3) is 5.03. The molecule has 0 radical (unpaired) electrons. The zero-order chi connectivity index (χ0) is 21.9. The van der Waals surface area contributed by atoms with Gasteiger partial charge in [-0.25, -0.2) is 18.0 Å². The molecular weight excluding hydrogens is 461 g/mol. The third-order valence-electron chi connectivity index (χ3n) is 4.34. The molecule has 2 rings (SSSR count). The van der Waals surface area contributed by atoms with Crippen LogP contribution in [0.4, 0.5) is 18.9 Å². The summed E-state index contributed by atoms with van der Waals surface area (Å²) in [6.07, 6.45) is -2.01. The summed E-state index contributed by atoms with van der Waals surface area (Å²) in [5.74, 6) is -3.35. The number of carbonyl (C=O) groups excluding carboxylic acids is 4. The number of benzene rings is 1. The summed E-state index contributed by atoms with van der Waals surface area (Å²) in [5.41, 5.74) is -2.75. The zero-order valence-electron chi connectivity index (χ0n) is 15.3. The van der Waals surface area contributed by atoms with Gasteiger partial charge in [0, 0.05) is 17.6 Å². The van der Waals surface area contributed by atoms with Crippen LogP contribution in [-0.2, 0) is 19.1 Å². The molecule has 2 amide bonds. The van der Waals surface area contributed by atoms with Crippen LogP contribution in [0.15, 0.2) is 28.4 Å². The van der Waals surface area contributed by atoms with Crippen LogP contribution in [-0.4, -0.2) is 43.1 Å². The lowest BCUT2D eigenvalue weighted by Gasteiger charge is -2.24. The minimum absolute atomic E-state index is 0.00206. The lowest BCUT2D eigenvalue weighted by atomic mass is 10.1. The van der Waals surface area contributed by atoms with Gasteiger partial charge < -0.3 is 9.64 Å². The first-order chi connectivity index (χ1) is 13.5. The molecule has 0 spiro atoms. The van der Waals surface area contributed by atoms with Crippen LogP contribution in [0, 0.1) is 5.82 Å². The molecule has 0 atom stereocenters. The summed E-state index contributed by atoms with van der Waals surface area (Å²) in [4.78, 5) is 46.5. The predicted molar refractivity (Wildman–Crippen MR) is 98.9 cm³/mol. The number of anilines is 1. The van der Waals surface area contributed by atoms with E-state index in [9.17, 15) is 32.3 Å². The fourth-order valence-corrected chi connectivity index (χ4v) is 2.98. The van der Waals surface area contributed by atoms with Gasteiger partial charge in [-0.3, -0.25) is 19.7 Å². The number of ketones is 1. The van der Waals surface area contributed by atoms with Crippen molar-refractivity contribution in [2.45, 2.75) is 31.8 Å². The van der Waals surface area contributed by atoms with E-state index in [2.05, 4.69) is 15.9 Å². The number of imide groups is 1. The molecular formula is C18H16BrF3N2O5. The Hall–Kier alpha value is -2.69. The summed E-state index contributed by atoms with van der Waals surface area (Å²) < 4.78 is 46.4. The normalized spacial score (nSPS) is 14.9. The highest BCUT2D eigenvalue weighted by Gasteiger charge is 2.51. The van der Waals surface area contributed by atoms with Gasteiger partial charge in [-0.15, -0.1) is 0 Å². The minimum Gasteiger partial charge on any atom is -0.447 e. The molecule has 0 unspecified atom stereocenters. The number of carbonyl (C=O) groups is 4. The molecule has 156 valence electrons. The van der Waals surface area contributed by atoms with Gasteiger partial charge in [0.2, 0.25) is 6.41 Å². The number of alkyl halides is 2. The van der Waals surface area contributed by atoms with E-state index < -0.39 is 41.1 Å². The second kappa shape index (κ2) is 8.76. The van der Waals surface area contributed by atoms with E-state index in [1.807, 2.05) is 0 Å². The SMILES string of the molecule is CC(=O)C1(OC(=O)c2cc(N(C)/C(=C\C(=O)NC=O)C(F)F)c(F)cc2Br)CC1. The van der Waals surface area contributed by atoms with Gasteiger partial charge in [-0.05, 0) is 47.8 Å². The number of hydrogen-bond acceptors (Lipinski definition) is 6. The van der Waals surface area contributed by atoms with Gasteiger partial charge in [0.05, 0.1) is 16.9 Å². The monoisotopic (exact) mass is 476 g/mol. The van der Waals surface area contributed by atoms with Crippen molar-refractivity contribution < 1.29 is 37.1 Å². The Morgan fingerprint density at radius 2 is 1.93 bits per heavy atom. The molecule has 29 heavy (non-hydrogen) atoms. The van der Waals surface area contributed by atoms with E-state index in [-0.39, 0.29) is 22.2 Å². The third-order valence-corrected chi connectivity index (χ3v) is 5.00. The standard InChI is InChI=1S/C18H16BrF3N2O5/c1-9(26)18(3-4-18)29-17(28)10-5-13(12(20)6-11(10)19)24(2)14(16(21)22)7-15(27)23-8-25/h5-8,16H,3-4H2,1-2H3,(H,23,25,27)/b14-7-. The summed E-state index contributed by atoms with van der Waals surface area (Å²) in [5, 5.41) is 1.67. The maximum Gasteiger partial charge on any atom is 0.340 e. The van der Waals surface area contributed by atoms with Crippen LogP contribution in [0.25, 0.3) is 0 Å². The highest BCUT2D eigenvalue weighted by atomic mass is 79.9. The first-order valence-electron chi connectivity index (χ1n) is 8.23. The van der Waals surface area contributed by atoms with Gasteiger partial charge in [-0.2, -0.15) is 0 Å². The molecule has 7 nitrogen and oxygen atoms in total. The smallest absolute Gasteiger partial charge is 0.340 e. The van der Waals surface area contributed by atoms with Crippen molar-refractivity contribution in [3.8, 4) is 0 Å². The Kier molecular flexibility index (Phi) is 6.83. The number of allylic oxidation sites excluding steroid dienone is 1. The predicted octanol–water partition coefficient (Wildman–Crippen LogP) is 2.72. The number of nitrogens with one attached hydrogen (secondary N) is 1. The molecule has 0 saturated heterocycles. The van der Waals surface area contributed by atoms with E-state index in [4.69, 9.17) is 4.74 Å². The fourth-order valence-electron chi connectivity index (χ4n) is 2.50. The maximum atomic E-state index is 14.4. The molecule has 11 heteroatoms. The highest BCUT2D eigenvalue weighted by molar-refractivity contribution is 9.10. The number of esters is 1. The van der Waals surface area contributed by atoms with E-state index in [1.54, 1.807) is 5.32 Å². The molecule has 1 aromatic rings. The Labute approximate surface area is 172 Å².